The van der Waals surface area contributed by atoms with Gasteiger partial charge in [-0.05, 0) is 40.2 Å². The summed E-state index contributed by atoms with van der Waals surface area (Å²) in [4.78, 5) is 2.31. The summed E-state index contributed by atoms with van der Waals surface area (Å²) in [7, 11) is 2.00. The highest BCUT2D eigenvalue weighted by atomic mass is 16.7. The number of nitrogens with zero attached hydrogens (tertiary/aromatic N) is 1. The van der Waals surface area contributed by atoms with E-state index >= 15 is 0 Å². The molecule has 110 valence electrons. The zero-order valence-electron chi connectivity index (χ0n) is 13.2. The van der Waals surface area contributed by atoms with Crippen LogP contribution in [-0.2, 0) is 9.31 Å². The molecule has 1 atom stereocenters. The average Bonchev–Trinajstić information content (AvgIpc) is 2.58. The Hall–Kier alpha value is -0.935. The molecular formula is C15H25BN2O2. The van der Waals surface area contributed by atoms with Crippen LogP contribution in [0.3, 0.4) is 0 Å². The third kappa shape index (κ3) is 2.17. The largest absolute Gasteiger partial charge is 0.465 e. The molecule has 0 saturated carbocycles. The molecule has 3 rings (SSSR count). The Morgan fingerprint density at radius 3 is 2.55 bits per heavy atom. The van der Waals surface area contributed by atoms with Crippen LogP contribution in [0.1, 0.15) is 34.1 Å². The molecule has 3 aliphatic rings. The van der Waals surface area contributed by atoms with E-state index < -0.39 is 0 Å². The number of allylic oxidation sites excluding steroid dienone is 3. The number of nitrogens with one attached hydrogen (secondary N) is 1. The monoisotopic (exact) mass is 276 g/mol. The van der Waals surface area contributed by atoms with E-state index in [0.29, 0.717) is 0 Å². The normalized spacial score (nSPS) is 31.4. The molecule has 0 radical (unpaired) electrons. The summed E-state index contributed by atoms with van der Waals surface area (Å²) < 4.78 is 12.3. The third-order valence-electron chi connectivity index (χ3n) is 5.07. The van der Waals surface area contributed by atoms with Gasteiger partial charge in [0.1, 0.15) is 0 Å². The van der Waals surface area contributed by atoms with E-state index in [0.717, 1.165) is 19.5 Å². The first-order valence-corrected chi connectivity index (χ1v) is 7.52. The van der Waals surface area contributed by atoms with Gasteiger partial charge in [0, 0.05) is 31.7 Å². The molecule has 1 saturated heterocycles. The van der Waals surface area contributed by atoms with Crippen LogP contribution in [0, 0.1) is 0 Å². The predicted octanol–water partition coefficient (Wildman–Crippen LogP) is 2.16. The maximum absolute atomic E-state index is 6.17. The maximum Gasteiger partial charge on any atom is 0.465 e. The first-order chi connectivity index (χ1) is 9.30. The second kappa shape index (κ2) is 4.53. The van der Waals surface area contributed by atoms with Crippen molar-refractivity contribution in [1.29, 1.82) is 0 Å². The Kier molecular flexibility index (Phi) is 3.18. The van der Waals surface area contributed by atoms with Crippen molar-refractivity contribution >= 4 is 7.12 Å². The highest BCUT2D eigenvalue weighted by molar-refractivity contribution is 6.48. The zero-order chi connectivity index (χ0) is 14.5. The van der Waals surface area contributed by atoms with Crippen molar-refractivity contribution < 1.29 is 9.31 Å². The topological polar surface area (TPSA) is 33.7 Å². The van der Waals surface area contributed by atoms with E-state index in [4.69, 9.17) is 9.31 Å². The lowest BCUT2D eigenvalue weighted by molar-refractivity contribution is 0.00578. The first kappa shape index (κ1) is 14.0. The van der Waals surface area contributed by atoms with Crippen molar-refractivity contribution in [2.45, 2.75) is 51.1 Å². The number of hydrogen-bond acceptors (Lipinski definition) is 4. The first-order valence-electron chi connectivity index (χ1n) is 7.52. The summed E-state index contributed by atoms with van der Waals surface area (Å²) in [6, 6.07) is 0. The Morgan fingerprint density at radius 1 is 1.25 bits per heavy atom. The molecular weight excluding hydrogens is 251 g/mol. The van der Waals surface area contributed by atoms with Gasteiger partial charge in [-0.1, -0.05) is 6.08 Å². The minimum absolute atomic E-state index is 0.153. The van der Waals surface area contributed by atoms with Crippen molar-refractivity contribution in [3.63, 3.8) is 0 Å². The van der Waals surface area contributed by atoms with Crippen LogP contribution in [0.15, 0.2) is 23.5 Å². The van der Waals surface area contributed by atoms with Gasteiger partial charge in [0.2, 0.25) is 0 Å². The lowest BCUT2D eigenvalue weighted by Crippen LogP contribution is -2.41. The van der Waals surface area contributed by atoms with Gasteiger partial charge in [-0.15, -0.1) is 0 Å². The van der Waals surface area contributed by atoms with Crippen LogP contribution < -0.4 is 5.32 Å². The van der Waals surface area contributed by atoms with Crippen LogP contribution in [0.25, 0.3) is 0 Å². The molecule has 4 nitrogen and oxygen atoms in total. The molecule has 20 heavy (non-hydrogen) atoms. The molecule has 0 aromatic carbocycles. The van der Waals surface area contributed by atoms with E-state index in [1.165, 1.54) is 11.4 Å². The van der Waals surface area contributed by atoms with Crippen LogP contribution in [0.5, 0.6) is 0 Å². The molecule has 2 heterocycles. The third-order valence-corrected chi connectivity index (χ3v) is 5.07. The molecule has 1 unspecified atom stereocenters. The Labute approximate surface area is 122 Å². The van der Waals surface area contributed by atoms with E-state index in [-0.39, 0.29) is 24.1 Å². The van der Waals surface area contributed by atoms with Gasteiger partial charge in [0.25, 0.3) is 0 Å². The number of hydrogen-bond donors (Lipinski definition) is 1. The Balaban J connectivity index is 1.75. The van der Waals surface area contributed by atoms with Gasteiger partial charge in [-0.2, -0.15) is 0 Å². The molecule has 0 bridgehead atoms. The summed E-state index contributed by atoms with van der Waals surface area (Å²) in [5, 5.41) is 3.52. The second-order valence-electron chi connectivity index (χ2n) is 7.06. The molecule has 1 fully saturated rings. The van der Waals surface area contributed by atoms with Gasteiger partial charge >= 0.3 is 7.12 Å². The molecule has 0 amide bonds. The quantitative estimate of drug-likeness (QED) is 0.744. The Bertz CT molecular complexity index is 454. The fourth-order valence-corrected chi connectivity index (χ4v) is 2.99. The van der Waals surface area contributed by atoms with E-state index in [9.17, 15) is 0 Å². The highest BCUT2D eigenvalue weighted by Crippen LogP contribution is 2.43. The number of likely N-dealkylation sites (N-methyl/N-ethyl adjacent to an activating group) is 1. The van der Waals surface area contributed by atoms with Gasteiger partial charge in [0.05, 0.1) is 16.9 Å². The van der Waals surface area contributed by atoms with E-state index in [1.807, 2.05) is 0 Å². The van der Waals surface area contributed by atoms with Crippen LogP contribution >= 0.6 is 0 Å². The number of rotatable bonds is 1. The lowest BCUT2D eigenvalue weighted by atomic mass is 9.67. The molecule has 0 aromatic heterocycles. The van der Waals surface area contributed by atoms with E-state index in [2.05, 4.69) is 57.1 Å². The van der Waals surface area contributed by atoms with Gasteiger partial charge in [-0.25, -0.2) is 0 Å². The molecule has 1 aliphatic carbocycles. The summed E-state index contributed by atoms with van der Waals surface area (Å²) in [6.07, 6.45) is 5.41. The van der Waals surface area contributed by atoms with Crippen molar-refractivity contribution in [1.82, 2.24) is 10.2 Å². The zero-order valence-corrected chi connectivity index (χ0v) is 13.2. The van der Waals surface area contributed by atoms with Gasteiger partial charge < -0.3 is 19.5 Å². The van der Waals surface area contributed by atoms with Crippen LogP contribution in [-0.4, -0.2) is 43.4 Å². The van der Waals surface area contributed by atoms with Crippen molar-refractivity contribution in [2.24, 2.45) is 0 Å². The fraction of sp³-hybridized carbons (Fsp3) is 0.733. The van der Waals surface area contributed by atoms with Crippen molar-refractivity contribution in [2.75, 3.05) is 20.1 Å². The average molecular weight is 276 g/mol. The SMILES string of the molecule is CN1CCNC2=C1C=CC(B1OC(C)(C)C(C)(C)O1)C2. The predicted molar refractivity (Wildman–Crippen MR) is 81.2 cm³/mol. The Morgan fingerprint density at radius 2 is 1.90 bits per heavy atom. The van der Waals surface area contributed by atoms with Gasteiger partial charge in [-0.3, -0.25) is 0 Å². The van der Waals surface area contributed by atoms with Crippen molar-refractivity contribution in [3.8, 4) is 0 Å². The standard InChI is InChI=1S/C15H25BN2O2/c1-14(2)15(3,4)20-16(19-14)11-6-7-13-12(10-11)17-8-9-18(13)5/h6-7,11,17H,8-10H2,1-5H3. The smallest absolute Gasteiger partial charge is 0.403 e. The fourth-order valence-electron chi connectivity index (χ4n) is 2.99. The maximum atomic E-state index is 6.17. The summed E-state index contributed by atoms with van der Waals surface area (Å²) >= 11 is 0. The second-order valence-corrected chi connectivity index (χ2v) is 7.06. The summed E-state index contributed by atoms with van der Waals surface area (Å²) in [5.74, 6) is 0.286. The van der Waals surface area contributed by atoms with Crippen molar-refractivity contribution in [3.05, 3.63) is 23.5 Å². The lowest BCUT2D eigenvalue weighted by Gasteiger charge is -2.34. The van der Waals surface area contributed by atoms with E-state index in [1.54, 1.807) is 0 Å². The highest BCUT2D eigenvalue weighted by Gasteiger charge is 2.53. The molecule has 0 aromatic rings. The summed E-state index contributed by atoms with van der Waals surface area (Å²) in [6.45, 7) is 10.5. The molecule has 5 heteroatoms. The molecule has 0 spiro atoms. The summed E-state index contributed by atoms with van der Waals surface area (Å²) in [5.41, 5.74) is 2.12. The molecule has 2 aliphatic heterocycles. The molecule has 1 N–H and O–H groups in total. The van der Waals surface area contributed by atoms with Gasteiger partial charge in [0.15, 0.2) is 0 Å². The van der Waals surface area contributed by atoms with Crippen LogP contribution in [0.2, 0.25) is 5.82 Å². The minimum Gasteiger partial charge on any atom is -0.403 e. The van der Waals surface area contributed by atoms with Crippen LogP contribution in [0.4, 0.5) is 0 Å². The minimum atomic E-state index is -0.253.